The Bertz CT molecular complexity index is 632. The van der Waals surface area contributed by atoms with E-state index in [0.717, 1.165) is 39.0 Å². The standard InChI is InChI=1S/C19H26ClFN2O2/c1-14(24)23-11-16(12-25-2)19(13-23)5-7-22(8-6-19)10-15-3-4-17(20)9-18(15)21/h3-4,9,16H,5-8,10-13H2,1-2H3. The van der Waals surface area contributed by atoms with Gasteiger partial charge in [-0.3, -0.25) is 9.69 Å². The molecule has 0 aliphatic carbocycles. The van der Waals surface area contributed by atoms with Crippen LogP contribution in [0.15, 0.2) is 18.2 Å². The van der Waals surface area contributed by atoms with Crippen LogP contribution in [0.4, 0.5) is 4.39 Å². The molecule has 138 valence electrons. The number of carbonyl (C=O) groups excluding carboxylic acids is 1. The van der Waals surface area contributed by atoms with Gasteiger partial charge in [0.25, 0.3) is 0 Å². The monoisotopic (exact) mass is 368 g/mol. The van der Waals surface area contributed by atoms with Crippen molar-refractivity contribution in [2.45, 2.75) is 26.3 Å². The van der Waals surface area contributed by atoms with Crippen molar-refractivity contribution in [2.24, 2.45) is 11.3 Å². The zero-order valence-corrected chi connectivity index (χ0v) is 15.7. The first-order valence-electron chi connectivity index (χ1n) is 8.84. The van der Waals surface area contributed by atoms with E-state index in [0.29, 0.717) is 29.7 Å². The van der Waals surface area contributed by atoms with Crippen molar-refractivity contribution in [2.75, 3.05) is 39.9 Å². The first-order valence-corrected chi connectivity index (χ1v) is 9.22. The molecular formula is C19H26ClFN2O2. The predicted molar refractivity (Wildman–Crippen MR) is 96.0 cm³/mol. The summed E-state index contributed by atoms with van der Waals surface area (Å²) in [7, 11) is 1.72. The second-order valence-electron chi connectivity index (χ2n) is 7.43. The number of amides is 1. The van der Waals surface area contributed by atoms with Crippen LogP contribution in [0, 0.1) is 17.2 Å². The number of piperidine rings is 1. The van der Waals surface area contributed by atoms with Crippen LogP contribution in [0.25, 0.3) is 0 Å². The van der Waals surface area contributed by atoms with Gasteiger partial charge in [0, 0.05) is 50.2 Å². The van der Waals surface area contributed by atoms with Crippen molar-refractivity contribution >= 4 is 17.5 Å². The summed E-state index contributed by atoms with van der Waals surface area (Å²) in [5, 5.41) is 0.427. The van der Waals surface area contributed by atoms with Crippen molar-refractivity contribution in [1.29, 1.82) is 0 Å². The Hall–Kier alpha value is -1.17. The third-order valence-corrected chi connectivity index (χ3v) is 6.12. The number of methoxy groups -OCH3 is 1. The van der Waals surface area contributed by atoms with Crippen LogP contribution >= 0.6 is 11.6 Å². The Kier molecular flexibility index (Phi) is 5.66. The van der Waals surface area contributed by atoms with Crippen molar-refractivity contribution in [3.8, 4) is 0 Å². The van der Waals surface area contributed by atoms with Gasteiger partial charge >= 0.3 is 0 Å². The van der Waals surface area contributed by atoms with E-state index in [1.54, 1.807) is 26.2 Å². The Morgan fingerprint density at radius 1 is 1.40 bits per heavy atom. The highest BCUT2D eigenvalue weighted by atomic mass is 35.5. The number of halogens is 2. The molecule has 0 bridgehead atoms. The third-order valence-electron chi connectivity index (χ3n) is 5.89. The van der Waals surface area contributed by atoms with Crippen molar-refractivity contribution in [1.82, 2.24) is 9.80 Å². The molecule has 0 saturated carbocycles. The van der Waals surface area contributed by atoms with Gasteiger partial charge in [0.2, 0.25) is 5.91 Å². The van der Waals surface area contributed by atoms with E-state index < -0.39 is 0 Å². The number of nitrogens with zero attached hydrogens (tertiary/aromatic N) is 2. The summed E-state index contributed by atoms with van der Waals surface area (Å²) in [6.45, 7) is 6.36. The van der Waals surface area contributed by atoms with Crippen molar-refractivity contribution in [3.05, 3.63) is 34.6 Å². The predicted octanol–water partition coefficient (Wildman–Crippen LogP) is 3.19. The molecule has 1 aromatic rings. The lowest BCUT2D eigenvalue weighted by atomic mass is 9.71. The summed E-state index contributed by atoms with van der Waals surface area (Å²) in [6.07, 6.45) is 2.03. The number of carbonyl (C=O) groups is 1. The molecule has 6 heteroatoms. The maximum Gasteiger partial charge on any atom is 0.219 e. The fourth-order valence-corrected chi connectivity index (χ4v) is 4.48. The van der Waals surface area contributed by atoms with Crippen LogP contribution in [0.2, 0.25) is 5.02 Å². The minimum absolute atomic E-state index is 0.136. The van der Waals surface area contributed by atoms with Crippen LogP contribution in [-0.2, 0) is 16.1 Å². The second kappa shape index (κ2) is 7.60. The SMILES string of the molecule is COCC1CN(C(C)=O)CC12CCN(Cc1ccc(Cl)cc1F)CC2. The number of benzene rings is 1. The molecule has 2 fully saturated rings. The van der Waals surface area contributed by atoms with Gasteiger partial charge in [0.1, 0.15) is 5.82 Å². The molecule has 1 aromatic carbocycles. The maximum atomic E-state index is 14.0. The van der Waals surface area contributed by atoms with Crippen LogP contribution < -0.4 is 0 Å². The average molecular weight is 369 g/mol. The normalized spacial score (nSPS) is 23.4. The Morgan fingerprint density at radius 2 is 2.12 bits per heavy atom. The van der Waals surface area contributed by atoms with Gasteiger partial charge in [0.05, 0.1) is 6.61 Å². The molecule has 25 heavy (non-hydrogen) atoms. The molecule has 2 aliphatic rings. The summed E-state index contributed by atoms with van der Waals surface area (Å²) in [4.78, 5) is 16.1. The zero-order chi connectivity index (χ0) is 18.0. The van der Waals surface area contributed by atoms with Gasteiger partial charge in [-0.15, -0.1) is 0 Å². The number of ether oxygens (including phenoxy) is 1. The van der Waals surface area contributed by atoms with E-state index >= 15 is 0 Å². The quantitative estimate of drug-likeness (QED) is 0.818. The molecule has 0 radical (unpaired) electrons. The lowest BCUT2D eigenvalue weighted by Crippen LogP contribution is -2.45. The Balaban J connectivity index is 1.64. The van der Waals surface area contributed by atoms with E-state index in [9.17, 15) is 9.18 Å². The lowest BCUT2D eigenvalue weighted by molar-refractivity contribution is -0.128. The average Bonchev–Trinajstić information content (AvgIpc) is 2.91. The van der Waals surface area contributed by atoms with E-state index in [1.807, 2.05) is 4.90 Å². The molecule has 2 saturated heterocycles. The van der Waals surface area contributed by atoms with E-state index in [2.05, 4.69) is 4.90 Å². The van der Waals surface area contributed by atoms with E-state index in [-0.39, 0.29) is 17.1 Å². The van der Waals surface area contributed by atoms with Crippen LogP contribution in [0.5, 0.6) is 0 Å². The molecule has 1 amide bonds. The van der Waals surface area contributed by atoms with Gasteiger partial charge < -0.3 is 9.64 Å². The summed E-state index contributed by atoms with van der Waals surface area (Å²) < 4.78 is 19.4. The molecule has 1 atom stereocenters. The first-order chi connectivity index (χ1) is 11.9. The van der Waals surface area contributed by atoms with Crippen LogP contribution in [0.1, 0.15) is 25.3 Å². The number of hydrogen-bond donors (Lipinski definition) is 0. The second-order valence-corrected chi connectivity index (χ2v) is 7.86. The molecule has 2 heterocycles. The van der Waals surface area contributed by atoms with Crippen LogP contribution in [0.3, 0.4) is 0 Å². The van der Waals surface area contributed by atoms with E-state index in [4.69, 9.17) is 16.3 Å². The number of hydrogen-bond acceptors (Lipinski definition) is 3. The smallest absolute Gasteiger partial charge is 0.219 e. The van der Waals surface area contributed by atoms with E-state index in [1.165, 1.54) is 6.07 Å². The lowest BCUT2D eigenvalue weighted by Gasteiger charge is -2.42. The van der Waals surface area contributed by atoms with Crippen molar-refractivity contribution < 1.29 is 13.9 Å². The maximum absolute atomic E-state index is 14.0. The summed E-state index contributed by atoms with van der Waals surface area (Å²) in [6, 6.07) is 4.88. The van der Waals surface area contributed by atoms with Gasteiger partial charge in [-0.1, -0.05) is 17.7 Å². The fourth-order valence-electron chi connectivity index (χ4n) is 4.32. The largest absolute Gasteiger partial charge is 0.384 e. The zero-order valence-electron chi connectivity index (χ0n) is 14.9. The van der Waals surface area contributed by atoms with Crippen LogP contribution in [-0.4, -0.2) is 55.6 Å². The molecule has 0 aromatic heterocycles. The Labute approximate surface area is 153 Å². The molecular weight excluding hydrogens is 343 g/mol. The summed E-state index contributed by atoms with van der Waals surface area (Å²) >= 11 is 5.83. The highest BCUT2D eigenvalue weighted by Gasteiger charge is 2.48. The molecule has 1 unspecified atom stereocenters. The third kappa shape index (κ3) is 3.99. The summed E-state index contributed by atoms with van der Waals surface area (Å²) in [5.74, 6) is 0.285. The summed E-state index contributed by atoms with van der Waals surface area (Å²) in [5.41, 5.74) is 0.821. The first kappa shape index (κ1) is 18.6. The molecule has 4 nitrogen and oxygen atoms in total. The molecule has 3 rings (SSSR count). The van der Waals surface area contributed by atoms with Gasteiger partial charge in [0.15, 0.2) is 0 Å². The van der Waals surface area contributed by atoms with Crippen molar-refractivity contribution in [3.63, 3.8) is 0 Å². The van der Waals surface area contributed by atoms with Gasteiger partial charge in [-0.2, -0.15) is 0 Å². The fraction of sp³-hybridized carbons (Fsp3) is 0.632. The number of likely N-dealkylation sites (tertiary alicyclic amines) is 2. The molecule has 2 aliphatic heterocycles. The molecule has 1 spiro atoms. The molecule has 0 N–H and O–H groups in total. The minimum atomic E-state index is -0.242. The minimum Gasteiger partial charge on any atom is -0.384 e. The number of rotatable bonds is 4. The Morgan fingerprint density at radius 3 is 2.72 bits per heavy atom. The highest BCUT2D eigenvalue weighted by Crippen LogP contribution is 2.45. The highest BCUT2D eigenvalue weighted by molar-refractivity contribution is 6.30. The van der Waals surface area contributed by atoms with Gasteiger partial charge in [-0.25, -0.2) is 4.39 Å². The topological polar surface area (TPSA) is 32.8 Å². The van der Waals surface area contributed by atoms with Gasteiger partial charge in [-0.05, 0) is 43.5 Å².